The van der Waals surface area contributed by atoms with Gasteiger partial charge in [0.2, 0.25) is 0 Å². The van der Waals surface area contributed by atoms with Gasteiger partial charge in [-0.25, -0.2) is 0 Å². The third-order valence-electron chi connectivity index (χ3n) is 3.45. The minimum absolute atomic E-state index is 0.787. The molecule has 0 unspecified atom stereocenters. The third-order valence-corrected chi connectivity index (χ3v) is 4.22. The molecule has 0 aromatic heterocycles. The molecule has 2 aromatic carbocycles. The maximum absolute atomic E-state index is 5.76. The Kier molecular flexibility index (Phi) is 12.3. The van der Waals surface area contributed by atoms with E-state index in [1.165, 1.54) is 10.8 Å². The van der Waals surface area contributed by atoms with Crippen molar-refractivity contribution in [1.29, 1.82) is 0 Å². The van der Waals surface area contributed by atoms with Gasteiger partial charge < -0.3 is 10.6 Å². The lowest BCUT2D eigenvalue weighted by Gasteiger charge is -2.30. The van der Waals surface area contributed by atoms with E-state index in [-0.39, 0.29) is 0 Å². The summed E-state index contributed by atoms with van der Waals surface area (Å²) in [6.45, 7) is 14.8. The van der Waals surface area contributed by atoms with Gasteiger partial charge in [-0.05, 0) is 36.1 Å². The molecule has 0 saturated carbocycles. The molecule has 2 aromatic rings. The zero-order valence-electron chi connectivity index (χ0n) is 17.6. The fourth-order valence-corrected chi connectivity index (χ4v) is 3.06. The Balaban J connectivity index is 0.000000948. The predicted molar refractivity (Wildman–Crippen MR) is 124 cm³/mol. The van der Waals surface area contributed by atoms with E-state index >= 15 is 0 Å². The molecule has 0 aliphatic carbocycles. The Bertz CT molecular complexity index is 720. The lowest BCUT2D eigenvalue weighted by molar-refractivity contribution is 1.07. The van der Waals surface area contributed by atoms with Crippen molar-refractivity contribution < 1.29 is 0 Å². The average Bonchev–Trinajstić information content (AvgIpc) is 2.72. The minimum atomic E-state index is 0.787. The fourth-order valence-electron chi connectivity index (χ4n) is 2.54. The Morgan fingerprint density at radius 3 is 2.08 bits per heavy atom. The van der Waals surface area contributed by atoms with E-state index in [4.69, 9.17) is 10.7 Å². The number of anilines is 1. The maximum Gasteiger partial charge on any atom is 0.0911 e. The maximum atomic E-state index is 5.76. The van der Waals surface area contributed by atoms with Crippen LogP contribution in [0.15, 0.2) is 52.6 Å². The minimum Gasteiger partial charge on any atom is -0.402 e. The number of thioether (sulfide) groups is 1. The Morgan fingerprint density at radius 2 is 1.58 bits per heavy atom. The quantitative estimate of drug-likeness (QED) is 0.619. The van der Waals surface area contributed by atoms with Crippen molar-refractivity contribution in [2.24, 2.45) is 10.7 Å². The highest BCUT2D eigenvalue weighted by molar-refractivity contribution is 8.02. The molecule has 0 amide bonds. The molecule has 4 heteroatoms. The van der Waals surface area contributed by atoms with Crippen molar-refractivity contribution in [3.05, 3.63) is 47.6 Å². The molecule has 1 aliphatic rings. The number of aliphatic imine (C=N–C) groups is 1. The fraction of sp³-hybridized carbons (Fsp3) is 0.409. The highest BCUT2D eigenvalue weighted by atomic mass is 32.2. The molecule has 1 heterocycles. The van der Waals surface area contributed by atoms with E-state index in [0.29, 0.717) is 0 Å². The van der Waals surface area contributed by atoms with Crippen LogP contribution in [-0.2, 0) is 0 Å². The Labute approximate surface area is 164 Å². The van der Waals surface area contributed by atoms with Crippen LogP contribution in [0.1, 0.15) is 48.5 Å². The summed E-state index contributed by atoms with van der Waals surface area (Å²) in [7, 11) is 0. The topological polar surface area (TPSA) is 41.6 Å². The average molecular weight is 374 g/mol. The summed E-state index contributed by atoms with van der Waals surface area (Å²) in [5, 5.41) is 3.49. The molecule has 0 fully saturated rings. The van der Waals surface area contributed by atoms with Crippen molar-refractivity contribution in [3.63, 3.8) is 0 Å². The van der Waals surface area contributed by atoms with Crippen molar-refractivity contribution in [1.82, 2.24) is 0 Å². The highest BCUT2D eigenvalue weighted by Crippen LogP contribution is 2.39. The van der Waals surface area contributed by atoms with E-state index in [9.17, 15) is 0 Å². The van der Waals surface area contributed by atoms with Gasteiger partial charge in [0.15, 0.2) is 0 Å². The van der Waals surface area contributed by atoms with Gasteiger partial charge in [-0.2, -0.15) is 0 Å². The van der Waals surface area contributed by atoms with Gasteiger partial charge in [-0.3, -0.25) is 4.99 Å². The first-order valence-corrected chi connectivity index (χ1v) is 10.8. The Hall–Kier alpha value is -1.94. The lowest BCUT2D eigenvalue weighted by atomic mass is 10.1. The molecule has 3 nitrogen and oxygen atoms in total. The van der Waals surface area contributed by atoms with Crippen LogP contribution in [0.2, 0.25) is 0 Å². The number of nitrogens with two attached hydrogens (primary N) is 1. The normalized spacial score (nSPS) is 12.4. The van der Waals surface area contributed by atoms with Crippen LogP contribution in [0.4, 0.5) is 11.4 Å². The first-order chi connectivity index (χ1) is 12.7. The second-order valence-corrected chi connectivity index (χ2v) is 5.66. The molecular weight excluding hydrogens is 338 g/mol. The van der Waals surface area contributed by atoms with Crippen LogP contribution >= 0.6 is 11.8 Å². The van der Waals surface area contributed by atoms with Crippen LogP contribution in [0, 0.1) is 0 Å². The summed E-state index contributed by atoms with van der Waals surface area (Å²) in [6, 6.07) is 12.7. The summed E-state index contributed by atoms with van der Waals surface area (Å²) in [5.74, 6) is 0. The zero-order valence-corrected chi connectivity index (χ0v) is 18.4. The summed E-state index contributed by atoms with van der Waals surface area (Å²) in [4.78, 5) is 6.93. The highest BCUT2D eigenvalue weighted by Gasteiger charge is 2.20. The number of hydrogen-bond donors (Lipinski definition) is 1. The van der Waals surface area contributed by atoms with Gasteiger partial charge in [-0.15, -0.1) is 11.8 Å². The molecule has 0 spiro atoms. The van der Waals surface area contributed by atoms with Gasteiger partial charge in [0, 0.05) is 11.9 Å². The van der Waals surface area contributed by atoms with Crippen LogP contribution in [-0.4, -0.2) is 18.5 Å². The first kappa shape index (κ1) is 24.1. The number of hydrogen-bond acceptors (Lipinski definition) is 4. The molecular formula is C22H35N3S. The van der Waals surface area contributed by atoms with Gasteiger partial charge in [0.1, 0.15) is 0 Å². The SMILES string of the molecule is CC.CC.CC.CS/C(=C/N)N1CC(C)=Nc2cc3ccccc3cc21. The smallest absolute Gasteiger partial charge is 0.0911 e. The summed E-state index contributed by atoms with van der Waals surface area (Å²) >= 11 is 1.65. The monoisotopic (exact) mass is 373 g/mol. The van der Waals surface area contributed by atoms with Crippen molar-refractivity contribution >= 4 is 39.6 Å². The third kappa shape index (κ3) is 5.80. The van der Waals surface area contributed by atoms with E-state index in [1.54, 1.807) is 18.0 Å². The van der Waals surface area contributed by atoms with E-state index in [2.05, 4.69) is 48.2 Å². The molecule has 1 aliphatic heterocycles. The first-order valence-electron chi connectivity index (χ1n) is 9.53. The van der Waals surface area contributed by atoms with Crippen molar-refractivity contribution in [3.8, 4) is 0 Å². The van der Waals surface area contributed by atoms with E-state index < -0.39 is 0 Å². The van der Waals surface area contributed by atoms with Crippen molar-refractivity contribution in [2.45, 2.75) is 48.5 Å². The van der Waals surface area contributed by atoms with E-state index in [1.807, 2.05) is 47.8 Å². The standard InChI is InChI=1S/C16H17N3S.3C2H6/c1-11-10-19(16(9-17)20-2)15-8-13-6-4-3-5-12(13)7-14(15)18-11;3*1-2/h3-9H,10,17H2,1-2H3;3*1-2H3/b16-9+;;;. The molecule has 0 radical (unpaired) electrons. The molecule has 144 valence electrons. The van der Waals surface area contributed by atoms with Crippen LogP contribution in [0.25, 0.3) is 10.8 Å². The lowest BCUT2D eigenvalue weighted by Crippen LogP contribution is -2.29. The van der Waals surface area contributed by atoms with E-state index in [0.717, 1.165) is 28.7 Å². The molecule has 0 bridgehead atoms. The molecule has 0 atom stereocenters. The largest absolute Gasteiger partial charge is 0.402 e. The van der Waals surface area contributed by atoms with Crippen LogP contribution in [0.5, 0.6) is 0 Å². The Morgan fingerprint density at radius 1 is 1.04 bits per heavy atom. The number of nitrogens with zero attached hydrogens (tertiary/aromatic N) is 2. The second-order valence-electron chi connectivity index (χ2n) is 4.83. The second kappa shape index (κ2) is 13.3. The molecule has 26 heavy (non-hydrogen) atoms. The molecule has 3 rings (SSSR count). The van der Waals surface area contributed by atoms with Gasteiger partial charge in [-0.1, -0.05) is 65.8 Å². The molecule has 0 saturated heterocycles. The number of fused-ring (bicyclic) bond motifs is 2. The van der Waals surface area contributed by atoms with Gasteiger partial charge in [0.25, 0.3) is 0 Å². The molecule has 2 N–H and O–H groups in total. The van der Waals surface area contributed by atoms with Gasteiger partial charge >= 0.3 is 0 Å². The van der Waals surface area contributed by atoms with Gasteiger partial charge in [0.05, 0.1) is 22.9 Å². The number of rotatable bonds is 2. The zero-order chi connectivity index (χ0) is 20.1. The summed E-state index contributed by atoms with van der Waals surface area (Å²) < 4.78 is 0. The summed E-state index contributed by atoms with van der Waals surface area (Å²) in [6.07, 6.45) is 3.71. The summed E-state index contributed by atoms with van der Waals surface area (Å²) in [5.41, 5.74) is 9.00. The van der Waals surface area contributed by atoms with Crippen LogP contribution < -0.4 is 10.6 Å². The predicted octanol–water partition coefficient (Wildman–Crippen LogP) is 6.95. The number of benzene rings is 2. The van der Waals surface area contributed by atoms with Crippen molar-refractivity contribution in [2.75, 3.05) is 17.7 Å². The van der Waals surface area contributed by atoms with Crippen LogP contribution in [0.3, 0.4) is 0 Å².